The number of rotatable bonds is 29. The SMILES string of the molecule is CCCCCCCCCCC(O)CN(CCCC[C@H](NC(=O)OC(C)(C)C)C(=O)O)CC(O)CCCCCCCCCC. The van der Waals surface area contributed by atoms with Crippen molar-refractivity contribution >= 4 is 12.1 Å². The highest BCUT2D eigenvalue weighted by Crippen LogP contribution is 2.15. The molecule has 0 aliphatic heterocycles. The number of amides is 1. The Hall–Kier alpha value is -1.38. The molecule has 8 heteroatoms. The predicted octanol–water partition coefficient (Wildman–Crippen LogP) is 8.22. The van der Waals surface area contributed by atoms with E-state index in [0.717, 1.165) is 44.9 Å². The van der Waals surface area contributed by atoms with Crippen molar-refractivity contribution in [2.75, 3.05) is 19.6 Å². The van der Waals surface area contributed by atoms with Crippen LogP contribution in [0.15, 0.2) is 0 Å². The first-order valence-electron chi connectivity index (χ1n) is 17.8. The molecule has 8 nitrogen and oxygen atoms in total. The number of unbranched alkanes of at least 4 members (excludes halogenated alkanes) is 15. The number of carbonyl (C=O) groups excluding carboxylic acids is 1. The van der Waals surface area contributed by atoms with Gasteiger partial charge >= 0.3 is 12.1 Å². The van der Waals surface area contributed by atoms with Gasteiger partial charge in [0.2, 0.25) is 0 Å². The highest BCUT2D eigenvalue weighted by Gasteiger charge is 2.24. The van der Waals surface area contributed by atoms with Crippen LogP contribution in [0.1, 0.15) is 169 Å². The first-order valence-corrected chi connectivity index (χ1v) is 17.8. The van der Waals surface area contributed by atoms with E-state index in [0.29, 0.717) is 32.5 Å². The molecule has 0 spiro atoms. The number of nitrogens with zero attached hydrogens (tertiary/aromatic N) is 1. The lowest BCUT2D eigenvalue weighted by Crippen LogP contribution is -2.43. The van der Waals surface area contributed by atoms with E-state index in [2.05, 4.69) is 24.1 Å². The number of aliphatic hydroxyl groups excluding tert-OH is 2. The molecular formula is C35H70N2O6. The van der Waals surface area contributed by atoms with E-state index in [1.165, 1.54) is 77.0 Å². The van der Waals surface area contributed by atoms with Crippen LogP contribution in [0.2, 0.25) is 0 Å². The predicted molar refractivity (Wildman–Crippen MR) is 178 cm³/mol. The summed E-state index contributed by atoms with van der Waals surface area (Å²) < 4.78 is 5.21. The van der Waals surface area contributed by atoms with Gasteiger partial charge in [0.25, 0.3) is 0 Å². The Morgan fingerprint density at radius 3 is 1.44 bits per heavy atom. The van der Waals surface area contributed by atoms with Gasteiger partial charge in [0.05, 0.1) is 12.2 Å². The second-order valence-electron chi connectivity index (χ2n) is 13.6. The van der Waals surface area contributed by atoms with Crippen molar-refractivity contribution in [2.24, 2.45) is 0 Å². The number of hydrogen-bond donors (Lipinski definition) is 4. The van der Waals surface area contributed by atoms with Gasteiger partial charge in [-0.3, -0.25) is 4.90 Å². The number of carboxylic acid groups (broad SMARTS) is 1. The lowest BCUT2D eigenvalue weighted by atomic mass is 10.0. The third-order valence-electron chi connectivity index (χ3n) is 7.93. The number of nitrogens with one attached hydrogen (secondary N) is 1. The lowest BCUT2D eigenvalue weighted by molar-refractivity contribution is -0.139. The molecule has 2 unspecified atom stereocenters. The topological polar surface area (TPSA) is 119 Å². The Morgan fingerprint density at radius 2 is 1.05 bits per heavy atom. The summed E-state index contributed by atoms with van der Waals surface area (Å²) in [6.07, 6.45) is 21.3. The highest BCUT2D eigenvalue weighted by molar-refractivity contribution is 5.79. The first kappa shape index (κ1) is 41.6. The van der Waals surface area contributed by atoms with Gasteiger partial charge in [-0.25, -0.2) is 9.59 Å². The van der Waals surface area contributed by atoms with E-state index in [9.17, 15) is 24.9 Å². The van der Waals surface area contributed by atoms with Crippen molar-refractivity contribution in [2.45, 2.75) is 193 Å². The van der Waals surface area contributed by atoms with Crippen molar-refractivity contribution < 1.29 is 29.6 Å². The summed E-state index contributed by atoms with van der Waals surface area (Å²) >= 11 is 0. The molecule has 0 radical (unpaired) electrons. The summed E-state index contributed by atoms with van der Waals surface area (Å²) in [5.41, 5.74) is -0.696. The van der Waals surface area contributed by atoms with Gasteiger partial charge in [0.1, 0.15) is 11.6 Å². The summed E-state index contributed by atoms with van der Waals surface area (Å²) in [6.45, 7) is 11.4. The third kappa shape index (κ3) is 27.9. The summed E-state index contributed by atoms with van der Waals surface area (Å²) in [5, 5.41) is 33.6. The zero-order valence-electron chi connectivity index (χ0n) is 28.7. The maximum absolute atomic E-state index is 12.1. The molecular weight excluding hydrogens is 544 g/mol. The van der Waals surface area contributed by atoms with E-state index >= 15 is 0 Å². The lowest BCUT2D eigenvalue weighted by Gasteiger charge is -2.28. The number of carbonyl (C=O) groups is 2. The van der Waals surface area contributed by atoms with E-state index < -0.39 is 35.9 Å². The van der Waals surface area contributed by atoms with Gasteiger partial charge in [-0.15, -0.1) is 0 Å². The minimum absolute atomic E-state index is 0.296. The van der Waals surface area contributed by atoms with Gasteiger partial charge < -0.3 is 25.4 Å². The molecule has 4 N–H and O–H groups in total. The number of aliphatic carboxylic acids is 1. The molecule has 0 aliphatic rings. The number of alkyl carbamates (subject to hydrolysis) is 1. The van der Waals surface area contributed by atoms with E-state index in [4.69, 9.17) is 4.74 Å². The Kier molecular flexibility index (Phi) is 26.1. The van der Waals surface area contributed by atoms with Crippen LogP contribution >= 0.6 is 0 Å². The Morgan fingerprint density at radius 1 is 0.651 bits per heavy atom. The second kappa shape index (κ2) is 27.0. The molecule has 0 aliphatic carbocycles. The normalized spacial score (nSPS) is 14.0. The van der Waals surface area contributed by atoms with Crippen LogP contribution in [0.5, 0.6) is 0 Å². The van der Waals surface area contributed by atoms with Crippen molar-refractivity contribution in [3.8, 4) is 0 Å². The standard InChI is InChI=1S/C35H70N2O6/c1-6-8-10-12-14-16-18-20-24-30(38)28-37(29-31(39)25-21-19-17-15-13-11-9-7-2)27-23-22-26-32(33(40)41)36-34(42)43-35(3,4)5/h30-32,38-39H,6-29H2,1-5H3,(H,36,42)(H,40,41)/t30?,31?,32-/m0/s1. The number of ether oxygens (including phenoxy) is 1. The molecule has 0 rings (SSSR count). The van der Waals surface area contributed by atoms with Crippen LogP contribution in [0.25, 0.3) is 0 Å². The Bertz CT molecular complexity index is 641. The van der Waals surface area contributed by atoms with E-state index in [1.807, 2.05) is 0 Å². The van der Waals surface area contributed by atoms with E-state index in [1.54, 1.807) is 20.8 Å². The molecule has 0 heterocycles. The van der Waals surface area contributed by atoms with Gasteiger partial charge in [-0.1, -0.05) is 117 Å². The highest BCUT2D eigenvalue weighted by atomic mass is 16.6. The number of aliphatic hydroxyl groups is 2. The summed E-state index contributed by atoms with van der Waals surface area (Å²) in [7, 11) is 0. The summed E-state index contributed by atoms with van der Waals surface area (Å²) in [4.78, 5) is 25.9. The Labute approximate surface area is 264 Å². The quantitative estimate of drug-likeness (QED) is 0.0627. The molecule has 0 saturated carbocycles. The van der Waals surface area contributed by atoms with Crippen LogP contribution in [0, 0.1) is 0 Å². The average molecular weight is 615 g/mol. The largest absolute Gasteiger partial charge is 0.480 e. The summed E-state index contributed by atoms with van der Waals surface area (Å²) in [5.74, 6) is -1.08. The molecule has 43 heavy (non-hydrogen) atoms. The summed E-state index contributed by atoms with van der Waals surface area (Å²) in [6, 6.07) is -1.01. The third-order valence-corrected chi connectivity index (χ3v) is 7.93. The fourth-order valence-corrected chi connectivity index (χ4v) is 5.45. The number of hydrogen-bond acceptors (Lipinski definition) is 6. The van der Waals surface area contributed by atoms with Gasteiger partial charge in [0, 0.05) is 13.1 Å². The fourth-order valence-electron chi connectivity index (χ4n) is 5.45. The van der Waals surface area contributed by atoms with Crippen molar-refractivity contribution in [1.82, 2.24) is 10.2 Å². The smallest absolute Gasteiger partial charge is 0.408 e. The molecule has 0 saturated heterocycles. The van der Waals surface area contributed by atoms with Crippen LogP contribution in [-0.2, 0) is 9.53 Å². The molecule has 0 aromatic carbocycles. The van der Waals surface area contributed by atoms with Crippen LogP contribution in [0.4, 0.5) is 4.79 Å². The molecule has 256 valence electrons. The molecule has 3 atom stereocenters. The average Bonchev–Trinajstić information content (AvgIpc) is 2.92. The maximum Gasteiger partial charge on any atom is 0.408 e. The molecule has 0 bridgehead atoms. The molecule has 1 amide bonds. The van der Waals surface area contributed by atoms with Crippen molar-refractivity contribution in [3.05, 3.63) is 0 Å². The molecule has 0 aromatic heterocycles. The van der Waals surface area contributed by atoms with Crippen molar-refractivity contribution in [3.63, 3.8) is 0 Å². The van der Waals surface area contributed by atoms with Gasteiger partial charge in [-0.05, 0) is 59.4 Å². The second-order valence-corrected chi connectivity index (χ2v) is 13.6. The Balaban J connectivity index is 4.67. The van der Waals surface area contributed by atoms with Gasteiger partial charge in [-0.2, -0.15) is 0 Å². The minimum Gasteiger partial charge on any atom is -0.480 e. The minimum atomic E-state index is -1.08. The monoisotopic (exact) mass is 615 g/mol. The molecule has 0 aromatic rings. The molecule has 0 fully saturated rings. The van der Waals surface area contributed by atoms with Crippen LogP contribution < -0.4 is 5.32 Å². The maximum atomic E-state index is 12.1. The van der Waals surface area contributed by atoms with Crippen molar-refractivity contribution in [1.29, 1.82) is 0 Å². The van der Waals surface area contributed by atoms with Crippen LogP contribution in [0.3, 0.4) is 0 Å². The number of carboxylic acids is 1. The van der Waals surface area contributed by atoms with E-state index in [-0.39, 0.29) is 0 Å². The van der Waals surface area contributed by atoms with Gasteiger partial charge in [0.15, 0.2) is 0 Å². The first-order chi connectivity index (χ1) is 20.5. The zero-order chi connectivity index (χ0) is 32.3. The van der Waals surface area contributed by atoms with Crippen LogP contribution in [-0.4, -0.2) is 75.8 Å². The fraction of sp³-hybridized carbons (Fsp3) is 0.943. The zero-order valence-corrected chi connectivity index (χ0v) is 28.7.